The lowest BCUT2D eigenvalue weighted by Crippen LogP contribution is -2.29. The van der Waals surface area contributed by atoms with Crippen molar-refractivity contribution in [2.45, 2.75) is 19.4 Å². The lowest BCUT2D eigenvalue weighted by Gasteiger charge is -2.20. The number of anilines is 1. The molecular weight excluding hydrogens is 397 g/mol. The van der Waals surface area contributed by atoms with Crippen molar-refractivity contribution in [3.8, 4) is 0 Å². The van der Waals surface area contributed by atoms with Crippen LogP contribution >= 0.6 is 35.3 Å². The van der Waals surface area contributed by atoms with Crippen LogP contribution in [0.15, 0.2) is 46.1 Å². The van der Waals surface area contributed by atoms with E-state index in [-0.39, 0.29) is 30.5 Å². The SMILES string of the molecule is Cc1ccc(NC(N)=NCC(C)(O)c2ccsc2)cc1.I. The minimum absolute atomic E-state index is 0. The van der Waals surface area contributed by atoms with E-state index >= 15 is 0 Å². The summed E-state index contributed by atoms with van der Waals surface area (Å²) in [5.41, 5.74) is 7.76. The molecule has 1 aromatic carbocycles. The summed E-state index contributed by atoms with van der Waals surface area (Å²) in [6.45, 7) is 3.98. The molecule has 0 bridgehead atoms. The van der Waals surface area contributed by atoms with E-state index in [0.29, 0.717) is 5.96 Å². The normalized spacial score (nSPS) is 14.1. The number of hydrogen-bond acceptors (Lipinski definition) is 3. The van der Waals surface area contributed by atoms with Gasteiger partial charge >= 0.3 is 0 Å². The van der Waals surface area contributed by atoms with Gasteiger partial charge in [0.05, 0.1) is 6.54 Å². The summed E-state index contributed by atoms with van der Waals surface area (Å²) in [4.78, 5) is 4.21. The molecule has 2 rings (SSSR count). The van der Waals surface area contributed by atoms with Crippen LogP contribution in [0.1, 0.15) is 18.1 Å². The highest BCUT2D eigenvalue weighted by Gasteiger charge is 2.23. The van der Waals surface area contributed by atoms with E-state index in [9.17, 15) is 5.11 Å². The van der Waals surface area contributed by atoms with Crippen molar-refractivity contribution in [2.24, 2.45) is 10.7 Å². The fraction of sp³-hybridized carbons (Fsp3) is 0.267. The van der Waals surface area contributed by atoms with Gasteiger partial charge in [-0.25, -0.2) is 4.99 Å². The second-order valence-electron chi connectivity index (χ2n) is 4.98. The van der Waals surface area contributed by atoms with Gasteiger partial charge in [0.25, 0.3) is 0 Å². The van der Waals surface area contributed by atoms with Crippen molar-refractivity contribution in [3.63, 3.8) is 0 Å². The predicted molar refractivity (Wildman–Crippen MR) is 101 cm³/mol. The van der Waals surface area contributed by atoms with Crippen molar-refractivity contribution in [3.05, 3.63) is 52.2 Å². The van der Waals surface area contributed by atoms with Gasteiger partial charge in [-0.3, -0.25) is 0 Å². The van der Waals surface area contributed by atoms with Crippen molar-refractivity contribution in [2.75, 3.05) is 11.9 Å². The number of nitrogens with one attached hydrogen (secondary N) is 1. The maximum Gasteiger partial charge on any atom is 0.193 e. The summed E-state index contributed by atoms with van der Waals surface area (Å²) >= 11 is 1.55. The Kier molecular flexibility index (Phi) is 6.63. The van der Waals surface area contributed by atoms with E-state index in [4.69, 9.17) is 5.73 Å². The van der Waals surface area contributed by atoms with E-state index < -0.39 is 5.60 Å². The number of aliphatic imine (C=N–C) groups is 1. The average molecular weight is 417 g/mol. The number of aliphatic hydroxyl groups is 1. The molecule has 2 aromatic rings. The number of hydrogen-bond donors (Lipinski definition) is 3. The van der Waals surface area contributed by atoms with Crippen LogP contribution in [0.2, 0.25) is 0 Å². The summed E-state index contributed by atoms with van der Waals surface area (Å²) in [7, 11) is 0. The number of nitrogens with zero attached hydrogens (tertiary/aromatic N) is 1. The Morgan fingerprint density at radius 3 is 2.57 bits per heavy atom. The summed E-state index contributed by atoms with van der Waals surface area (Å²) < 4.78 is 0. The number of nitrogens with two attached hydrogens (primary N) is 1. The summed E-state index contributed by atoms with van der Waals surface area (Å²) in [6.07, 6.45) is 0. The minimum atomic E-state index is -1.00. The second-order valence-corrected chi connectivity index (χ2v) is 5.76. The molecule has 0 aliphatic heterocycles. The van der Waals surface area contributed by atoms with Gasteiger partial charge in [-0.05, 0) is 48.4 Å². The minimum Gasteiger partial charge on any atom is -0.383 e. The van der Waals surface area contributed by atoms with Gasteiger partial charge in [-0.15, -0.1) is 24.0 Å². The summed E-state index contributed by atoms with van der Waals surface area (Å²) in [5.74, 6) is 0.296. The largest absolute Gasteiger partial charge is 0.383 e. The molecule has 1 unspecified atom stereocenters. The Hall–Kier alpha value is -1.12. The van der Waals surface area contributed by atoms with Gasteiger partial charge in [0.2, 0.25) is 0 Å². The van der Waals surface area contributed by atoms with Crippen LogP contribution in [0.3, 0.4) is 0 Å². The van der Waals surface area contributed by atoms with Gasteiger partial charge in [-0.2, -0.15) is 11.3 Å². The van der Waals surface area contributed by atoms with Gasteiger partial charge in [-0.1, -0.05) is 17.7 Å². The summed E-state index contributed by atoms with van der Waals surface area (Å²) in [5, 5.41) is 17.2. The number of guanidine groups is 1. The molecule has 0 aliphatic carbocycles. The fourth-order valence-corrected chi connectivity index (χ4v) is 2.51. The average Bonchev–Trinajstić information content (AvgIpc) is 2.94. The van der Waals surface area contributed by atoms with Gasteiger partial charge in [0.1, 0.15) is 5.60 Å². The standard InChI is InChI=1S/C15H19N3OS.HI/c1-11-3-5-13(6-4-11)18-14(16)17-10-15(2,19)12-7-8-20-9-12;/h3-9,19H,10H2,1-2H3,(H3,16,17,18);1H. The van der Waals surface area contributed by atoms with Crippen LogP contribution in [-0.2, 0) is 5.60 Å². The van der Waals surface area contributed by atoms with Crippen LogP contribution in [0.5, 0.6) is 0 Å². The lowest BCUT2D eigenvalue weighted by atomic mass is 10.00. The molecule has 1 atom stereocenters. The Morgan fingerprint density at radius 2 is 2.00 bits per heavy atom. The number of aryl methyl sites for hydroxylation is 1. The Balaban J connectivity index is 0.00000220. The van der Waals surface area contributed by atoms with Crippen molar-refractivity contribution in [1.29, 1.82) is 0 Å². The van der Waals surface area contributed by atoms with E-state index in [1.54, 1.807) is 18.3 Å². The first kappa shape index (κ1) is 17.9. The van der Waals surface area contributed by atoms with Crippen LogP contribution in [0.4, 0.5) is 5.69 Å². The lowest BCUT2D eigenvalue weighted by molar-refractivity contribution is 0.0678. The molecule has 0 saturated carbocycles. The maximum atomic E-state index is 10.3. The van der Waals surface area contributed by atoms with E-state index in [1.165, 1.54) is 5.56 Å². The van der Waals surface area contributed by atoms with E-state index in [1.807, 2.05) is 48.0 Å². The third-order valence-electron chi connectivity index (χ3n) is 3.02. The molecule has 0 saturated heterocycles. The van der Waals surface area contributed by atoms with Crippen LogP contribution in [0, 0.1) is 6.92 Å². The molecule has 0 aliphatic rings. The molecule has 114 valence electrons. The first-order valence-corrected chi connectivity index (χ1v) is 7.30. The molecule has 1 heterocycles. The van der Waals surface area contributed by atoms with Crippen molar-refractivity contribution >= 4 is 47.0 Å². The van der Waals surface area contributed by atoms with E-state index in [2.05, 4.69) is 10.3 Å². The zero-order valence-corrected chi connectivity index (χ0v) is 15.2. The van der Waals surface area contributed by atoms with Crippen molar-refractivity contribution < 1.29 is 5.11 Å². The highest BCUT2D eigenvalue weighted by atomic mass is 127. The van der Waals surface area contributed by atoms with Crippen LogP contribution in [-0.4, -0.2) is 17.6 Å². The monoisotopic (exact) mass is 417 g/mol. The number of halogens is 1. The highest BCUT2D eigenvalue weighted by Crippen LogP contribution is 2.23. The molecule has 4 N–H and O–H groups in total. The van der Waals surface area contributed by atoms with Crippen LogP contribution in [0.25, 0.3) is 0 Å². The zero-order valence-electron chi connectivity index (χ0n) is 12.0. The Labute approximate surface area is 146 Å². The van der Waals surface area contributed by atoms with Crippen molar-refractivity contribution in [1.82, 2.24) is 0 Å². The molecule has 21 heavy (non-hydrogen) atoms. The predicted octanol–water partition coefficient (Wildman–Crippen LogP) is 3.31. The van der Waals surface area contributed by atoms with Gasteiger partial charge in [0.15, 0.2) is 5.96 Å². The Morgan fingerprint density at radius 1 is 1.33 bits per heavy atom. The third-order valence-corrected chi connectivity index (χ3v) is 3.71. The number of rotatable bonds is 4. The molecule has 1 aromatic heterocycles. The van der Waals surface area contributed by atoms with E-state index in [0.717, 1.165) is 11.3 Å². The number of benzene rings is 1. The van der Waals surface area contributed by atoms with Gasteiger partial charge < -0.3 is 16.2 Å². The van der Waals surface area contributed by atoms with Gasteiger partial charge in [0, 0.05) is 5.69 Å². The highest BCUT2D eigenvalue weighted by molar-refractivity contribution is 14.0. The quantitative estimate of drug-likeness (QED) is 0.406. The first-order chi connectivity index (χ1) is 9.47. The summed E-state index contributed by atoms with van der Waals surface area (Å²) in [6, 6.07) is 9.77. The second kappa shape index (κ2) is 7.77. The Bertz CT molecular complexity index is 579. The third kappa shape index (κ3) is 5.29. The molecule has 0 radical (unpaired) electrons. The smallest absolute Gasteiger partial charge is 0.193 e. The fourth-order valence-electron chi connectivity index (χ4n) is 1.73. The number of thiophene rings is 1. The molecule has 0 amide bonds. The topological polar surface area (TPSA) is 70.6 Å². The molecule has 0 fully saturated rings. The molecular formula is C15H20IN3OS. The molecule has 4 nitrogen and oxygen atoms in total. The molecule has 6 heteroatoms. The first-order valence-electron chi connectivity index (χ1n) is 6.36. The maximum absolute atomic E-state index is 10.3. The van der Waals surface area contributed by atoms with Crippen LogP contribution < -0.4 is 11.1 Å². The molecule has 0 spiro atoms. The zero-order chi connectivity index (χ0) is 14.6.